The van der Waals surface area contributed by atoms with Crippen LogP contribution in [0.2, 0.25) is 0 Å². The van der Waals surface area contributed by atoms with Crippen molar-refractivity contribution in [1.82, 2.24) is 10.2 Å². The van der Waals surface area contributed by atoms with Crippen molar-refractivity contribution >= 4 is 17.8 Å². The summed E-state index contributed by atoms with van der Waals surface area (Å²) in [5, 5.41) is 2.28. The van der Waals surface area contributed by atoms with Crippen LogP contribution in [0.4, 0.5) is 0 Å². The fraction of sp³-hybridized carbons (Fsp3) is 0.750. The van der Waals surface area contributed by atoms with Crippen molar-refractivity contribution in [3.8, 4) is 0 Å². The van der Waals surface area contributed by atoms with Crippen molar-refractivity contribution in [3.05, 3.63) is 0 Å². The van der Waals surface area contributed by atoms with Crippen LogP contribution in [0.25, 0.3) is 0 Å². The van der Waals surface area contributed by atoms with Crippen LogP contribution >= 0.6 is 0 Å². The number of nitrogens with one attached hydrogen (secondary N) is 1. The van der Waals surface area contributed by atoms with Gasteiger partial charge in [0.25, 0.3) is 0 Å². The molecular formula is C12H18N2O4. The molecule has 0 aliphatic carbocycles. The average molecular weight is 254 g/mol. The number of hydrogen-bond donors (Lipinski definition) is 1. The van der Waals surface area contributed by atoms with Crippen molar-refractivity contribution in [2.45, 2.75) is 44.7 Å². The van der Waals surface area contributed by atoms with Crippen LogP contribution in [-0.2, 0) is 19.1 Å². The van der Waals surface area contributed by atoms with E-state index in [1.807, 2.05) is 4.90 Å². The Morgan fingerprint density at radius 2 is 2.22 bits per heavy atom. The molecular weight excluding hydrogens is 236 g/mol. The summed E-state index contributed by atoms with van der Waals surface area (Å²) in [7, 11) is 0. The van der Waals surface area contributed by atoms with E-state index in [1.54, 1.807) is 6.92 Å². The van der Waals surface area contributed by atoms with E-state index < -0.39 is 6.04 Å². The van der Waals surface area contributed by atoms with Crippen LogP contribution in [0, 0.1) is 0 Å². The number of esters is 1. The Bertz CT molecular complexity index is 369. The van der Waals surface area contributed by atoms with Crippen molar-refractivity contribution in [2.75, 3.05) is 13.2 Å². The fourth-order valence-electron chi connectivity index (χ4n) is 2.63. The Morgan fingerprint density at radius 3 is 2.83 bits per heavy atom. The molecule has 6 nitrogen and oxygen atoms in total. The number of piperidine rings is 1. The van der Waals surface area contributed by atoms with E-state index in [1.165, 1.54) is 0 Å². The highest BCUT2D eigenvalue weighted by Gasteiger charge is 2.42. The second-order valence-corrected chi connectivity index (χ2v) is 4.63. The molecule has 2 heterocycles. The predicted molar refractivity (Wildman–Crippen MR) is 62.5 cm³/mol. The van der Waals surface area contributed by atoms with Gasteiger partial charge in [-0.3, -0.25) is 24.6 Å². The molecule has 2 amide bonds. The van der Waals surface area contributed by atoms with E-state index in [0.29, 0.717) is 19.6 Å². The van der Waals surface area contributed by atoms with Gasteiger partial charge in [-0.1, -0.05) is 6.42 Å². The minimum absolute atomic E-state index is 0.148. The second kappa shape index (κ2) is 5.48. The minimum atomic E-state index is -0.507. The van der Waals surface area contributed by atoms with E-state index in [0.717, 1.165) is 12.8 Å². The van der Waals surface area contributed by atoms with E-state index in [4.69, 9.17) is 4.74 Å². The summed E-state index contributed by atoms with van der Waals surface area (Å²) in [5.74, 6) is -0.848. The zero-order valence-corrected chi connectivity index (χ0v) is 10.5. The molecule has 0 radical (unpaired) electrons. The van der Waals surface area contributed by atoms with Gasteiger partial charge in [-0.15, -0.1) is 0 Å². The molecule has 2 aliphatic rings. The SMILES string of the molecule is CCOC(=O)C1CCCCN1C1CC(=O)NC1=O. The lowest BCUT2D eigenvalue weighted by Gasteiger charge is -2.36. The third-order valence-corrected chi connectivity index (χ3v) is 3.45. The summed E-state index contributed by atoms with van der Waals surface area (Å²) in [6.07, 6.45) is 2.72. The highest BCUT2D eigenvalue weighted by atomic mass is 16.5. The van der Waals surface area contributed by atoms with Gasteiger partial charge < -0.3 is 4.74 Å². The molecule has 2 aliphatic heterocycles. The van der Waals surface area contributed by atoms with Gasteiger partial charge in [0.15, 0.2) is 0 Å². The zero-order chi connectivity index (χ0) is 13.1. The minimum Gasteiger partial charge on any atom is -0.465 e. The third kappa shape index (κ3) is 2.53. The van der Waals surface area contributed by atoms with Crippen molar-refractivity contribution < 1.29 is 19.1 Å². The molecule has 0 aromatic heterocycles. The molecule has 1 N–H and O–H groups in total. The van der Waals surface area contributed by atoms with E-state index in [2.05, 4.69) is 5.32 Å². The average Bonchev–Trinajstić information content (AvgIpc) is 2.69. The number of rotatable bonds is 3. The molecule has 0 aromatic carbocycles. The van der Waals surface area contributed by atoms with Crippen molar-refractivity contribution in [1.29, 1.82) is 0 Å². The number of imide groups is 1. The molecule has 18 heavy (non-hydrogen) atoms. The maximum absolute atomic E-state index is 11.9. The topological polar surface area (TPSA) is 75.7 Å². The summed E-state index contributed by atoms with van der Waals surface area (Å²) in [4.78, 5) is 36.6. The molecule has 2 fully saturated rings. The Morgan fingerprint density at radius 1 is 1.44 bits per heavy atom. The standard InChI is InChI=1S/C12H18N2O4/c1-2-18-12(17)8-5-3-4-6-14(8)9-7-10(15)13-11(9)16/h8-9H,2-7H2,1H3,(H,13,15,16). The number of ether oxygens (including phenoxy) is 1. The van der Waals surface area contributed by atoms with Gasteiger partial charge >= 0.3 is 5.97 Å². The number of hydrogen-bond acceptors (Lipinski definition) is 5. The number of likely N-dealkylation sites (tertiary alicyclic amines) is 1. The summed E-state index contributed by atoms with van der Waals surface area (Å²) < 4.78 is 5.04. The molecule has 2 saturated heterocycles. The number of amides is 2. The molecule has 0 aromatic rings. The van der Waals surface area contributed by atoms with Crippen LogP contribution < -0.4 is 5.32 Å². The lowest BCUT2D eigenvalue weighted by Crippen LogP contribution is -2.52. The Balaban J connectivity index is 2.10. The Hall–Kier alpha value is -1.43. The fourth-order valence-corrected chi connectivity index (χ4v) is 2.63. The van der Waals surface area contributed by atoms with Gasteiger partial charge in [0.2, 0.25) is 11.8 Å². The maximum atomic E-state index is 11.9. The van der Waals surface area contributed by atoms with Crippen LogP contribution in [0.3, 0.4) is 0 Å². The quantitative estimate of drug-likeness (QED) is 0.558. The predicted octanol–water partition coefficient (Wildman–Crippen LogP) is -0.181. The molecule has 6 heteroatoms. The van der Waals surface area contributed by atoms with Crippen LogP contribution in [0.5, 0.6) is 0 Å². The van der Waals surface area contributed by atoms with Gasteiger partial charge in [0.1, 0.15) is 6.04 Å². The van der Waals surface area contributed by atoms with Gasteiger partial charge in [-0.2, -0.15) is 0 Å². The normalized spacial score (nSPS) is 29.2. The van der Waals surface area contributed by atoms with Gasteiger partial charge in [-0.05, 0) is 26.3 Å². The van der Waals surface area contributed by atoms with Crippen LogP contribution in [-0.4, -0.2) is 47.9 Å². The van der Waals surface area contributed by atoms with Crippen LogP contribution in [0.15, 0.2) is 0 Å². The summed E-state index contributed by atoms with van der Waals surface area (Å²) >= 11 is 0. The number of carbonyl (C=O) groups excluding carboxylic acids is 3. The Labute approximate surface area is 106 Å². The van der Waals surface area contributed by atoms with Gasteiger partial charge in [0, 0.05) is 0 Å². The number of carbonyl (C=O) groups is 3. The van der Waals surface area contributed by atoms with Crippen LogP contribution in [0.1, 0.15) is 32.6 Å². The lowest BCUT2D eigenvalue weighted by molar-refractivity contribution is -0.152. The first-order valence-electron chi connectivity index (χ1n) is 6.39. The lowest BCUT2D eigenvalue weighted by atomic mass is 9.99. The van der Waals surface area contributed by atoms with Gasteiger partial charge in [-0.25, -0.2) is 0 Å². The number of nitrogens with zero attached hydrogens (tertiary/aromatic N) is 1. The zero-order valence-electron chi connectivity index (χ0n) is 10.5. The molecule has 0 bridgehead atoms. The van der Waals surface area contributed by atoms with E-state index >= 15 is 0 Å². The monoisotopic (exact) mass is 254 g/mol. The largest absolute Gasteiger partial charge is 0.465 e. The van der Waals surface area contributed by atoms with Gasteiger partial charge in [0.05, 0.1) is 19.1 Å². The van der Waals surface area contributed by atoms with E-state index in [-0.39, 0.29) is 30.2 Å². The Kier molecular flexibility index (Phi) is 3.96. The molecule has 2 rings (SSSR count). The second-order valence-electron chi connectivity index (χ2n) is 4.63. The first-order valence-corrected chi connectivity index (χ1v) is 6.39. The summed E-state index contributed by atoms with van der Waals surface area (Å²) in [5.41, 5.74) is 0. The third-order valence-electron chi connectivity index (χ3n) is 3.45. The highest BCUT2D eigenvalue weighted by molar-refractivity contribution is 6.05. The summed E-state index contributed by atoms with van der Waals surface area (Å²) in [6.45, 7) is 2.75. The van der Waals surface area contributed by atoms with E-state index in [9.17, 15) is 14.4 Å². The first-order chi connectivity index (χ1) is 8.63. The molecule has 0 saturated carbocycles. The highest BCUT2D eigenvalue weighted by Crippen LogP contribution is 2.24. The van der Waals surface area contributed by atoms with Crippen molar-refractivity contribution in [3.63, 3.8) is 0 Å². The molecule has 2 atom stereocenters. The maximum Gasteiger partial charge on any atom is 0.323 e. The molecule has 0 spiro atoms. The summed E-state index contributed by atoms with van der Waals surface area (Å²) in [6, 6.07) is -0.896. The molecule has 100 valence electrons. The first kappa shape index (κ1) is 13.0. The molecule has 2 unspecified atom stereocenters. The van der Waals surface area contributed by atoms with Crippen molar-refractivity contribution in [2.24, 2.45) is 0 Å². The smallest absolute Gasteiger partial charge is 0.323 e.